The van der Waals surface area contributed by atoms with Crippen LogP contribution in [0.5, 0.6) is 0 Å². The zero-order chi connectivity index (χ0) is 17.9. The van der Waals surface area contributed by atoms with Gasteiger partial charge in [-0.05, 0) is 48.7 Å². The molecule has 2 aromatic rings. The monoisotopic (exact) mass is 376 g/mol. The highest BCUT2D eigenvalue weighted by Crippen LogP contribution is 2.22. The molecule has 1 amide bonds. The molecular formula is C18H17ClN2O3S. The van der Waals surface area contributed by atoms with Crippen LogP contribution in [0.2, 0.25) is 5.02 Å². The second kappa shape index (κ2) is 7.29. The average molecular weight is 377 g/mol. The molecule has 0 saturated heterocycles. The maximum Gasteiger partial charge on any atom is 0.255 e. The van der Waals surface area contributed by atoms with E-state index in [0.29, 0.717) is 16.1 Å². The van der Waals surface area contributed by atoms with Gasteiger partial charge in [0.05, 0.1) is 16.7 Å². The normalized spacial score (nSPS) is 14.4. The van der Waals surface area contributed by atoms with Gasteiger partial charge in [-0.15, -0.1) is 0 Å². The smallest absolute Gasteiger partial charge is 0.255 e. The molecule has 0 radical (unpaired) electrons. The van der Waals surface area contributed by atoms with E-state index in [1.807, 2.05) is 0 Å². The summed E-state index contributed by atoms with van der Waals surface area (Å²) in [7, 11) is -3.76. The van der Waals surface area contributed by atoms with Crippen LogP contribution in [0.3, 0.4) is 0 Å². The second-order valence-electron chi connectivity index (χ2n) is 5.79. The van der Waals surface area contributed by atoms with Crippen LogP contribution in [0.15, 0.2) is 53.9 Å². The molecule has 0 atom stereocenters. The fraction of sp³-hybridized carbons (Fsp3) is 0.167. The molecular weight excluding hydrogens is 360 g/mol. The molecule has 0 heterocycles. The number of benzene rings is 2. The predicted octanol–water partition coefficient (Wildman–Crippen LogP) is 3.64. The summed E-state index contributed by atoms with van der Waals surface area (Å²) in [5, 5.41) is 4.49. The molecule has 1 aliphatic rings. The van der Waals surface area contributed by atoms with E-state index in [1.54, 1.807) is 48.5 Å². The third kappa shape index (κ3) is 5.08. The number of sulfonamides is 1. The predicted molar refractivity (Wildman–Crippen MR) is 100.0 cm³/mol. The molecule has 0 aromatic heterocycles. The van der Waals surface area contributed by atoms with Gasteiger partial charge in [-0.3, -0.25) is 9.52 Å². The second-order valence-corrected chi connectivity index (χ2v) is 7.80. The molecule has 0 spiro atoms. The third-order valence-electron chi connectivity index (χ3n) is 3.65. The van der Waals surface area contributed by atoms with Crippen LogP contribution in [0.4, 0.5) is 5.69 Å². The lowest BCUT2D eigenvalue weighted by atomic mass is 10.1. The Hall–Kier alpha value is -2.31. The average Bonchev–Trinajstić information content (AvgIpc) is 3.38. The number of hydrogen-bond acceptors (Lipinski definition) is 3. The van der Waals surface area contributed by atoms with E-state index < -0.39 is 10.0 Å². The van der Waals surface area contributed by atoms with Crippen molar-refractivity contribution in [1.29, 1.82) is 0 Å². The van der Waals surface area contributed by atoms with Crippen molar-refractivity contribution in [2.75, 3.05) is 4.72 Å². The van der Waals surface area contributed by atoms with Gasteiger partial charge >= 0.3 is 0 Å². The Morgan fingerprint density at radius 3 is 2.44 bits per heavy atom. The Morgan fingerprint density at radius 1 is 1.08 bits per heavy atom. The van der Waals surface area contributed by atoms with Crippen molar-refractivity contribution in [3.63, 3.8) is 0 Å². The van der Waals surface area contributed by atoms with Crippen LogP contribution in [0.1, 0.15) is 28.8 Å². The molecule has 5 nitrogen and oxygen atoms in total. The largest absolute Gasteiger partial charge is 0.349 e. The number of amides is 1. The number of nitrogens with one attached hydrogen (secondary N) is 2. The first-order valence-electron chi connectivity index (χ1n) is 7.79. The molecule has 130 valence electrons. The molecule has 1 fully saturated rings. The number of anilines is 1. The van der Waals surface area contributed by atoms with Crippen LogP contribution in [-0.2, 0) is 10.0 Å². The summed E-state index contributed by atoms with van der Waals surface area (Å²) in [5.41, 5.74) is 1.26. The fourth-order valence-electron chi connectivity index (χ4n) is 2.19. The zero-order valence-electron chi connectivity index (χ0n) is 13.3. The lowest BCUT2D eigenvalue weighted by Gasteiger charge is -2.10. The highest BCUT2D eigenvalue weighted by molar-refractivity contribution is 7.95. The first-order chi connectivity index (χ1) is 11.9. The zero-order valence-corrected chi connectivity index (χ0v) is 14.8. The SMILES string of the molecule is O=C(NC1CC1)c1ccccc1NS(=O)(=O)/C=C/c1ccc(Cl)cc1. The number of carbonyl (C=O) groups is 1. The molecule has 25 heavy (non-hydrogen) atoms. The molecule has 3 rings (SSSR count). The van der Waals surface area contributed by atoms with Crippen molar-refractivity contribution < 1.29 is 13.2 Å². The molecule has 1 aliphatic carbocycles. The maximum atomic E-state index is 12.3. The minimum Gasteiger partial charge on any atom is -0.349 e. The number of rotatable bonds is 6. The van der Waals surface area contributed by atoms with Gasteiger partial charge in [-0.25, -0.2) is 8.42 Å². The Bertz CT molecular complexity index is 904. The topological polar surface area (TPSA) is 75.3 Å². The van der Waals surface area contributed by atoms with Crippen molar-refractivity contribution >= 4 is 39.3 Å². The summed E-state index contributed by atoms with van der Waals surface area (Å²) in [6.45, 7) is 0. The summed E-state index contributed by atoms with van der Waals surface area (Å²) in [5.74, 6) is -0.275. The maximum absolute atomic E-state index is 12.3. The van der Waals surface area contributed by atoms with Crippen LogP contribution in [0, 0.1) is 0 Å². The fourth-order valence-corrected chi connectivity index (χ4v) is 3.21. The molecule has 2 N–H and O–H groups in total. The van der Waals surface area contributed by atoms with Gasteiger partial charge in [0.25, 0.3) is 15.9 Å². The van der Waals surface area contributed by atoms with E-state index in [2.05, 4.69) is 10.0 Å². The van der Waals surface area contributed by atoms with E-state index in [1.165, 1.54) is 6.08 Å². The van der Waals surface area contributed by atoms with E-state index in [4.69, 9.17) is 11.6 Å². The summed E-state index contributed by atoms with van der Waals surface area (Å²) < 4.78 is 27.0. The minimum atomic E-state index is -3.76. The van der Waals surface area contributed by atoms with Crippen LogP contribution >= 0.6 is 11.6 Å². The van der Waals surface area contributed by atoms with Crippen molar-refractivity contribution in [3.05, 3.63) is 70.1 Å². The van der Waals surface area contributed by atoms with Crippen molar-refractivity contribution in [2.24, 2.45) is 0 Å². The lowest BCUT2D eigenvalue weighted by molar-refractivity contribution is 0.0952. The van der Waals surface area contributed by atoms with E-state index >= 15 is 0 Å². The number of hydrogen-bond donors (Lipinski definition) is 2. The lowest BCUT2D eigenvalue weighted by Crippen LogP contribution is -2.26. The number of para-hydroxylation sites is 1. The Balaban J connectivity index is 1.76. The summed E-state index contributed by atoms with van der Waals surface area (Å²) >= 11 is 5.80. The van der Waals surface area contributed by atoms with Gasteiger partial charge in [0.15, 0.2) is 0 Å². The van der Waals surface area contributed by atoms with Gasteiger partial charge in [-0.2, -0.15) is 0 Å². The molecule has 1 saturated carbocycles. The van der Waals surface area contributed by atoms with Gasteiger partial charge in [0, 0.05) is 11.1 Å². The Labute approximate surface area is 151 Å². The molecule has 0 unspecified atom stereocenters. The van der Waals surface area contributed by atoms with E-state index in [9.17, 15) is 13.2 Å². The minimum absolute atomic E-state index is 0.196. The van der Waals surface area contributed by atoms with Gasteiger partial charge in [0.1, 0.15) is 0 Å². The molecule has 2 aromatic carbocycles. The summed E-state index contributed by atoms with van der Waals surface area (Å²) in [4.78, 5) is 12.2. The Morgan fingerprint density at radius 2 is 1.76 bits per heavy atom. The van der Waals surface area contributed by atoms with E-state index in [-0.39, 0.29) is 17.6 Å². The van der Waals surface area contributed by atoms with Crippen molar-refractivity contribution in [1.82, 2.24) is 5.32 Å². The first kappa shape index (κ1) is 17.5. The number of carbonyl (C=O) groups excluding carboxylic acids is 1. The molecule has 0 aliphatic heterocycles. The van der Waals surface area contributed by atoms with Gasteiger partial charge in [0.2, 0.25) is 0 Å². The van der Waals surface area contributed by atoms with Gasteiger partial charge in [-0.1, -0.05) is 35.9 Å². The Kier molecular flexibility index (Phi) is 5.11. The van der Waals surface area contributed by atoms with Crippen molar-refractivity contribution in [2.45, 2.75) is 18.9 Å². The highest BCUT2D eigenvalue weighted by Gasteiger charge is 2.25. The van der Waals surface area contributed by atoms with E-state index in [0.717, 1.165) is 18.2 Å². The standard InChI is InChI=1S/C18H17ClN2O3S/c19-14-7-5-13(6-8-14)11-12-25(23,24)21-17-4-2-1-3-16(17)18(22)20-15-9-10-15/h1-8,11-12,15,21H,9-10H2,(H,20,22)/b12-11+. The first-order valence-corrected chi connectivity index (χ1v) is 9.72. The van der Waals surface area contributed by atoms with Gasteiger partial charge < -0.3 is 5.32 Å². The number of halogens is 1. The van der Waals surface area contributed by atoms with Crippen LogP contribution in [-0.4, -0.2) is 20.4 Å². The molecule has 7 heteroatoms. The van der Waals surface area contributed by atoms with Crippen LogP contribution < -0.4 is 10.0 Å². The summed E-state index contributed by atoms with van der Waals surface area (Å²) in [6, 6.07) is 13.5. The van der Waals surface area contributed by atoms with Crippen molar-refractivity contribution in [3.8, 4) is 0 Å². The molecule has 0 bridgehead atoms. The highest BCUT2D eigenvalue weighted by atomic mass is 35.5. The quantitative estimate of drug-likeness (QED) is 0.808. The third-order valence-corrected chi connectivity index (χ3v) is 4.90. The van der Waals surface area contributed by atoms with Crippen LogP contribution in [0.25, 0.3) is 6.08 Å². The summed E-state index contributed by atoms with van der Waals surface area (Å²) in [6.07, 6.45) is 3.39.